The van der Waals surface area contributed by atoms with Gasteiger partial charge in [0.1, 0.15) is 17.7 Å². The molecule has 0 spiro atoms. The Bertz CT molecular complexity index is 497. The standard InChI is InChI=1S/C15H19F2NO3/c16-11-1-2-12(17)10-4-8(3-9(10)11)5-18-6-13(19)15(21)14(20)7-18/h1-2,8,13-15,19-21H,3-7H2/t13-,14+,15?. The van der Waals surface area contributed by atoms with Crippen LogP contribution in [-0.2, 0) is 12.8 Å². The second-order valence-electron chi connectivity index (χ2n) is 6.10. The molecule has 116 valence electrons. The highest BCUT2D eigenvalue weighted by molar-refractivity contribution is 5.35. The van der Waals surface area contributed by atoms with Crippen LogP contribution in [0.1, 0.15) is 11.1 Å². The minimum Gasteiger partial charge on any atom is -0.389 e. The summed E-state index contributed by atoms with van der Waals surface area (Å²) in [5.74, 6) is -0.688. The van der Waals surface area contributed by atoms with Gasteiger partial charge in [0.25, 0.3) is 0 Å². The molecule has 0 bridgehead atoms. The van der Waals surface area contributed by atoms with Crippen molar-refractivity contribution < 1.29 is 24.1 Å². The molecule has 0 saturated carbocycles. The molecule has 1 fully saturated rings. The molecule has 6 heteroatoms. The number of hydrogen-bond donors (Lipinski definition) is 3. The highest BCUT2D eigenvalue weighted by Crippen LogP contribution is 2.31. The third-order valence-electron chi connectivity index (χ3n) is 4.50. The van der Waals surface area contributed by atoms with E-state index in [1.807, 2.05) is 4.90 Å². The average Bonchev–Trinajstić information content (AvgIpc) is 2.85. The van der Waals surface area contributed by atoms with E-state index in [1.165, 1.54) is 0 Å². The number of aliphatic hydroxyl groups is 3. The van der Waals surface area contributed by atoms with E-state index in [9.17, 15) is 24.1 Å². The number of nitrogens with zero attached hydrogens (tertiary/aromatic N) is 1. The fourth-order valence-corrected chi connectivity index (χ4v) is 3.45. The van der Waals surface area contributed by atoms with Crippen LogP contribution in [0.15, 0.2) is 12.1 Å². The van der Waals surface area contributed by atoms with E-state index in [2.05, 4.69) is 0 Å². The molecule has 0 aromatic heterocycles. The Hall–Kier alpha value is -1.08. The molecule has 1 unspecified atom stereocenters. The Morgan fingerprint density at radius 2 is 1.43 bits per heavy atom. The van der Waals surface area contributed by atoms with E-state index in [-0.39, 0.29) is 30.6 Å². The van der Waals surface area contributed by atoms with Gasteiger partial charge in [-0.1, -0.05) is 0 Å². The number of rotatable bonds is 2. The van der Waals surface area contributed by atoms with E-state index in [0.29, 0.717) is 30.5 Å². The zero-order valence-corrected chi connectivity index (χ0v) is 11.5. The Morgan fingerprint density at radius 1 is 0.952 bits per heavy atom. The second kappa shape index (κ2) is 5.61. The summed E-state index contributed by atoms with van der Waals surface area (Å²) in [5, 5.41) is 28.9. The topological polar surface area (TPSA) is 63.9 Å². The Labute approximate surface area is 121 Å². The zero-order chi connectivity index (χ0) is 15.1. The van der Waals surface area contributed by atoms with Crippen LogP contribution in [0.5, 0.6) is 0 Å². The minimum absolute atomic E-state index is 0.0565. The van der Waals surface area contributed by atoms with E-state index < -0.39 is 18.3 Å². The normalized spacial score (nSPS) is 30.6. The molecular formula is C15H19F2NO3. The van der Waals surface area contributed by atoms with Gasteiger partial charge in [0.05, 0.1) is 12.2 Å². The van der Waals surface area contributed by atoms with Crippen molar-refractivity contribution in [3.8, 4) is 0 Å². The van der Waals surface area contributed by atoms with Crippen LogP contribution >= 0.6 is 0 Å². The number of β-amino-alcohol motifs (C(OH)–C–C–N with tert-alkyl or cyclic N) is 2. The molecule has 3 rings (SSSR count). The van der Waals surface area contributed by atoms with Crippen LogP contribution in [0.3, 0.4) is 0 Å². The van der Waals surface area contributed by atoms with Gasteiger partial charge >= 0.3 is 0 Å². The number of hydrogen-bond acceptors (Lipinski definition) is 4. The summed E-state index contributed by atoms with van der Waals surface area (Å²) in [4.78, 5) is 1.84. The summed E-state index contributed by atoms with van der Waals surface area (Å²) in [7, 11) is 0. The van der Waals surface area contributed by atoms with Crippen molar-refractivity contribution >= 4 is 0 Å². The quantitative estimate of drug-likeness (QED) is 0.723. The maximum atomic E-state index is 13.7. The number of benzene rings is 1. The number of likely N-dealkylation sites (tertiary alicyclic amines) is 1. The summed E-state index contributed by atoms with van der Waals surface area (Å²) in [6.45, 7) is 1.06. The minimum atomic E-state index is -1.13. The first-order valence-electron chi connectivity index (χ1n) is 7.18. The van der Waals surface area contributed by atoms with E-state index in [0.717, 1.165) is 12.1 Å². The fourth-order valence-electron chi connectivity index (χ4n) is 3.45. The van der Waals surface area contributed by atoms with Gasteiger partial charge in [-0.2, -0.15) is 0 Å². The lowest BCUT2D eigenvalue weighted by Gasteiger charge is -2.38. The van der Waals surface area contributed by atoms with Crippen molar-refractivity contribution in [1.82, 2.24) is 4.90 Å². The molecule has 1 aromatic rings. The molecule has 1 aliphatic carbocycles. The number of aliphatic hydroxyl groups excluding tert-OH is 3. The van der Waals surface area contributed by atoms with Gasteiger partial charge in [0, 0.05) is 19.6 Å². The molecular weight excluding hydrogens is 280 g/mol. The van der Waals surface area contributed by atoms with Gasteiger partial charge in [0.2, 0.25) is 0 Å². The van der Waals surface area contributed by atoms with Gasteiger partial charge in [-0.15, -0.1) is 0 Å². The second-order valence-corrected chi connectivity index (χ2v) is 6.10. The Balaban J connectivity index is 1.66. The fraction of sp³-hybridized carbons (Fsp3) is 0.600. The number of piperidine rings is 1. The van der Waals surface area contributed by atoms with Crippen LogP contribution in [0.25, 0.3) is 0 Å². The Morgan fingerprint density at radius 3 is 1.90 bits per heavy atom. The van der Waals surface area contributed by atoms with Crippen LogP contribution in [-0.4, -0.2) is 58.2 Å². The van der Waals surface area contributed by atoms with Crippen molar-refractivity contribution in [1.29, 1.82) is 0 Å². The lowest BCUT2D eigenvalue weighted by atomic mass is 9.99. The average molecular weight is 299 g/mol. The van der Waals surface area contributed by atoms with E-state index in [4.69, 9.17) is 0 Å². The number of halogens is 2. The summed E-state index contributed by atoms with van der Waals surface area (Å²) in [6.07, 6.45) is -2.19. The van der Waals surface area contributed by atoms with Gasteiger partial charge < -0.3 is 15.3 Å². The molecule has 1 aromatic carbocycles. The summed E-state index contributed by atoms with van der Waals surface area (Å²) in [6, 6.07) is 2.31. The first-order valence-corrected chi connectivity index (χ1v) is 7.18. The molecule has 21 heavy (non-hydrogen) atoms. The molecule has 0 radical (unpaired) electrons. The van der Waals surface area contributed by atoms with Crippen molar-refractivity contribution in [3.05, 3.63) is 34.9 Å². The molecule has 3 atom stereocenters. The summed E-state index contributed by atoms with van der Waals surface area (Å²) >= 11 is 0. The maximum Gasteiger partial charge on any atom is 0.126 e. The van der Waals surface area contributed by atoms with Crippen molar-refractivity contribution in [2.24, 2.45) is 5.92 Å². The van der Waals surface area contributed by atoms with E-state index >= 15 is 0 Å². The number of fused-ring (bicyclic) bond motifs is 1. The Kier molecular flexibility index (Phi) is 3.96. The van der Waals surface area contributed by atoms with Crippen LogP contribution in [0.4, 0.5) is 8.78 Å². The SMILES string of the molecule is OC1[C@H](O)CN(CC2Cc3c(F)ccc(F)c3C2)C[C@@H]1O. The summed E-state index contributed by atoms with van der Waals surface area (Å²) < 4.78 is 27.4. The maximum absolute atomic E-state index is 13.7. The molecule has 0 amide bonds. The van der Waals surface area contributed by atoms with Crippen LogP contribution < -0.4 is 0 Å². The van der Waals surface area contributed by atoms with Gasteiger partial charge in [-0.3, -0.25) is 4.90 Å². The summed E-state index contributed by atoms with van der Waals surface area (Å²) in [5.41, 5.74) is 0.885. The first-order chi connectivity index (χ1) is 9.95. The van der Waals surface area contributed by atoms with Gasteiger partial charge in [0.15, 0.2) is 0 Å². The highest BCUT2D eigenvalue weighted by Gasteiger charge is 2.35. The van der Waals surface area contributed by atoms with Crippen molar-refractivity contribution in [3.63, 3.8) is 0 Å². The lowest BCUT2D eigenvalue weighted by Crippen LogP contribution is -2.56. The predicted molar refractivity (Wildman–Crippen MR) is 71.7 cm³/mol. The van der Waals surface area contributed by atoms with Gasteiger partial charge in [-0.25, -0.2) is 8.78 Å². The highest BCUT2D eigenvalue weighted by atomic mass is 19.1. The largest absolute Gasteiger partial charge is 0.389 e. The first kappa shape index (κ1) is 14.8. The molecule has 4 nitrogen and oxygen atoms in total. The van der Waals surface area contributed by atoms with E-state index in [1.54, 1.807) is 0 Å². The van der Waals surface area contributed by atoms with Crippen LogP contribution in [0.2, 0.25) is 0 Å². The smallest absolute Gasteiger partial charge is 0.126 e. The molecule has 3 N–H and O–H groups in total. The predicted octanol–water partition coefficient (Wildman–Crippen LogP) is 0.0779. The third-order valence-corrected chi connectivity index (χ3v) is 4.50. The van der Waals surface area contributed by atoms with Crippen molar-refractivity contribution in [2.45, 2.75) is 31.2 Å². The van der Waals surface area contributed by atoms with Gasteiger partial charge in [-0.05, 0) is 42.0 Å². The molecule has 2 aliphatic rings. The lowest BCUT2D eigenvalue weighted by molar-refractivity contribution is -0.111. The molecule has 1 saturated heterocycles. The van der Waals surface area contributed by atoms with Crippen LogP contribution in [0, 0.1) is 17.6 Å². The monoisotopic (exact) mass is 299 g/mol. The zero-order valence-electron chi connectivity index (χ0n) is 11.5. The third kappa shape index (κ3) is 2.81. The molecule has 1 aliphatic heterocycles. The molecule has 1 heterocycles. The van der Waals surface area contributed by atoms with Crippen molar-refractivity contribution in [2.75, 3.05) is 19.6 Å².